The molecule has 0 amide bonds. The Hall–Kier alpha value is -1.04. The number of hydrogen-bond acceptors (Lipinski definition) is 2. The van der Waals surface area contributed by atoms with E-state index in [-0.39, 0.29) is 0 Å². The van der Waals surface area contributed by atoms with Crippen molar-refractivity contribution >= 4 is 11.6 Å². The smallest absolute Gasteiger partial charge is 0.0992 e. The molecular formula is C17H23ClN2. The molecule has 2 nitrogen and oxygen atoms in total. The van der Waals surface area contributed by atoms with Crippen molar-refractivity contribution in [3.63, 3.8) is 0 Å². The number of rotatable bonds is 4. The summed E-state index contributed by atoms with van der Waals surface area (Å²) >= 11 is 6.21. The van der Waals surface area contributed by atoms with Crippen LogP contribution in [0.2, 0.25) is 5.02 Å². The summed E-state index contributed by atoms with van der Waals surface area (Å²) in [6.45, 7) is 3.07. The van der Waals surface area contributed by atoms with Crippen molar-refractivity contribution < 1.29 is 0 Å². The van der Waals surface area contributed by atoms with Gasteiger partial charge in [0.2, 0.25) is 0 Å². The standard InChI is InChI=1S/C17H23ClN2/c1-13(15-6-4-2-3-5-7-15)20-12-16-9-8-14(11-19)10-17(16)18/h8-10,13,15,20H,2-7,12H2,1H3/t13-/m1/s1. The van der Waals surface area contributed by atoms with Gasteiger partial charge in [-0.25, -0.2) is 0 Å². The van der Waals surface area contributed by atoms with Crippen molar-refractivity contribution in [2.75, 3.05) is 0 Å². The monoisotopic (exact) mass is 290 g/mol. The normalized spacial score (nSPS) is 18.2. The average molecular weight is 291 g/mol. The molecule has 1 saturated carbocycles. The Balaban J connectivity index is 1.89. The molecule has 1 N–H and O–H groups in total. The minimum absolute atomic E-state index is 0.528. The second-order valence-corrected chi connectivity index (χ2v) is 6.25. The fourth-order valence-corrected chi connectivity index (χ4v) is 3.26. The van der Waals surface area contributed by atoms with Gasteiger partial charge in [0.15, 0.2) is 0 Å². The number of nitriles is 1. The number of benzene rings is 1. The number of halogens is 1. The van der Waals surface area contributed by atoms with Gasteiger partial charge in [0.1, 0.15) is 0 Å². The van der Waals surface area contributed by atoms with Crippen molar-refractivity contribution in [3.8, 4) is 6.07 Å². The van der Waals surface area contributed by atoms with Gasteiger partial charge in [0.25, 0.3) is 0 Å². The lowest BCUT2D eigenvalue weighted by Gasteiger charge is -2.24. The van der Waals surface area contributed by atoms with Gasteiger partial charge >= 0.3 is 0 Å². The third-order valence-corrected chi connectivity index (χ3v) is 4.76. The van der Waals surface area contributed by atoms with Crippen LogP contribution < -0.4 is 5.32 Å². The number of nitrogens with zero attached hydrogens (tertiary/aromatic N) is 1. The fourth-order valence-electron chi connectivity index (χ4n) is 3.01. The minimum atomic E-state index is 0.528. The van der Waals surface area contributed by atoms with Gasteiger partial charge in [-0.3, -0.25) is 0 Å². The van der Waals surface area contributed by atoms with Gasteiger partial charge in [0, 0.05) is 17.6 Å². The van der Waals surface area contributed by atoms with Crippen LogP contribution in [0.5, 0.6) is 0 Å². The van der Waals surface area contributed by atoms with Crippen LogP contribution in [0.15, 0.2) is 18.2 Å². The molecule has 20 heavy (non-hydrogen) atoms. The molecule has 2 rings (SSSR count). The molecule has 1 atom stereocenters. The zero-order chi connectivity index (χ0) is 14.4. The van der Waals surface area contributed by atoms with Gasteiger partial charge in [-0.1, -0.05) is 43.4 Å². The number of hydrogen-bond donors (Lipinski definition) is 1. The second-order valence-electron chi connectivity index (χ2n) is 5.84. The molecule has 1 fully saturated rings. The molecule has 0 heterocycles. The first-order chi connectivity index (χ1) is 9.70. The van der Waals surface area contributed by atoms with Crippen molar-refractivity contribution in [2.24, 2.45) is 5.92 Å². The molecule has 1 aliphatic carbocycles. The zero-order valence-corrected chi connectivity index (χ0v) is 12.9. The van der Waals surface area contributed by atoms with Crippen molar-refractivity contribution in [3.05, 3.63) is 34.3 Å². The van der Waals surface area contributed by atoms with E-state index in [1.54, 1.807) is 6.07 Å². The summed E-state index contributed by atoms with van der Waals surface area (Å²) in [4.78, 5) is 0. The highest BCUT2D eigenvalue weighted by molar-refractivity contribution is 6.31. The Kier molecular flexibility index (Phi) is 5.88. The molecule has 3 heteroatoms. The first kappa shape index (κ1) is 15.4. The highest BCUT2D eigenvalue weighted by Crippen LogP contribution is 2.26. The summed E-state index contributed by atoms with van der Waals surface area (Å²) in [5.74, 6) is 0.787. The maximum absolute atomic E-state index is 8.84. The molecule has 0 aromatic heterocycles. The first-order valence-corrected chi connectivity index (χ1v) is 8.00. The molecule has 0 unspecified atom stereocenters. The van der Waals surface area contributed by atoms with Crippen LogP contribution in [0.4, 0.5) is 0 Å². The molecule has 1 aromatic rings. The molecule has 1 aliphatic rings. The van der Waals surface area contributed by atoms with E-state index in [0.29, 0.717) is 16.6 Å². The van der Waals surface area contributed by atoms with Crippen LogP contribution in [0.25, 0.3) is 0 Å². The van der Waals surface area contributed by atoms with Crippen LogP contribution in [-0.2, 0) is 6.54 Å². The first-order valence-electron chi connectivity index (χ1n) is 7.62. The van der Waals surface area contributed by atoms with Crippen LogP contribution in [-0.4, -0.2) is 6.04 Å². The SMILES string of the molecule is C[C@@H](NCc1ccc(C#N)cc1Cl)C1CCCCCC1. The summed E-state index contributed by atoms with van der Waals surface area (Å²) < 4.78 is 0. The maximum Gasteiger partial charge on any atom is 0.0992 e. The number of nitrogens with one attached hydrogen (secondary N) is 1. The summed E-state index contributed by atoms with van der Waals surface area (Å²) in [5.41, 5.74) is 1.70. The van der Waals surface area contributed by atoms with E-state index in [9.17, 15) is 0 Å². The van der Waals surface area contributed by atoms with Crippen molar-refractivity contribution in [1.29, 1.82) is 5.26 Å². The van der Waals surface area contributed by atoms with E-state index in [4.69, 9.17) is 16.9 Å². The Morgan fingerprint density at radius 3 is 2.60 bits per heavy atom. The third kappa shape index (κ3) is 4.23. The van der Waals surface area contributed by atoms with Crippen LogP contribution in [0.3, 0.4) is 0 Å². The highest BCUT2D eigenvalue weighted by Gasteiger charge is 2.18. The second kappa shape index (κ2) is 7.67. The largest absolute Gasteiger partial charge is 0.310 e. The zero-order valence-electron chi connectivity index (χ0n) is 12.2. The van der Waals surface area contributed by atoms with Crippen LogP contribution in [0, 0.1) is 17.2 Å². The molecular weight excluding hydrogens is 268 g/mol. The molecule has 108 valence electrons. The van der Waals surface area contributed by atoms with Crippen LogP contribution in [0.1, 0.15) is 56.6 Å². The van der Waals surface area contributed by atoms with Gasteiger partial charge in [-0.15, -0.1) is 0 Å². The third-order valence-electron chi connectivity index (χ3n) is 4.40. The van der Waals surface area contributed by atoms with Gasteiger partial charge < -0.3 is 5.32 Å². The molecule has 1 aromatic carbocycles. The van der Waals surface area contributed by atoms with E-state index >= 15 is 0 Å². The molecule has 0 bridgehead atoms. The molecule has 0 spiro atoms. The summed E-state index contributed by atoms with van der Waals surface area (Å²) in [6.07, 6.45) is 8.21. The fraction of sp³-hybridized carbons (Fsp3) is 0.588. The van der Waals surface area contributed by atoms with Gasteiger partial charge in [0.05, 0.1) is 11.6 Å². The topological polar surface area (TPSA) is 35.8 Å². The van der Waals surface area contributed by atoms with E-state index < -0.39 is 0 Å². The van der Waals surface area contributed by atoms with E-state index in [1.807, 2.05) is 12.1 Å². The van der Waals surface area contributed by atoms with Crippen molar-refractivity contribution in [2.45, 2.75) is 58.0 Å². The van der Waals surface area contributed by atoms with Gasteiger partial charge in [-0.05, 0) is 43.4 Å². The quantitative estimate of drug-likeness (QED) is 0.819. The Morgan fingerprint density at radius 1 is 1.30 bits per heavy atom. The van der Waals surface area contributed by atoms with E-state index in [1.165, 1.54) is 38.5 Å². The Labute approximate surface area is 127 Å². The van der Waals surface area contributed by atoms with Crippen LogP contribution >= 0.6 is 11.6 Å². The maximum atomic E-state index is 8.84. The summed E-state index contributed by atoms with van der Waals surface area (Å²) in [7, 11) is 0. The molecule has 0 saturated heterocycles. The minimum Gasteiger partial charge on any atom is -0.310 e. The Morgan fingerprint density at radius 2 is 2.00 bits per heavy atom. The Bertz CT molecular complexity index is 470. The predicted molar refractivity (Wildman–Crippen MR) is 83.7 cm³/mol. The lowest BCUT2D eigenvalue weighted by molar-refractivity contribution is 0.336. The van der Waals surface area contributed by atoms with E-state index in [0.717, 1.165) is 18.0 Å². The van der Waals surface area contributed by atoms with Gasteiger partial charge in [-0.2, -0.15) is 5.26 Å². The summed E-state index contributed by atoms with van der Waals surface area (Å²) in [6, 6.07) is 8.17. The van der Waals surface area contributed by atoms with E-state index in [2.05, 4.69) is 18.3 Å². The molecule has 0 aliphatic heterocycles. The van der Waals surface area contributed by atoms with Crippen molar-refractivity contribution in [1.82, 2.24) is 5.32 Å². The highest BCUT2D eigenvalue weighted by atomic mass is 35.5. The lowest BCUT2D eigenvalue weighted by Crippen LogP contribution is -2.33. The molecule has 0 radical (unpaired) electrons. The lowest BCUT2D eigenvalue weighted by atomic mass is 9.93. The predicted octanol–water partition coefficient (Wildman–Crippen LogP) is 4.66. The summed E-state index contributed by atoms with van der Waals surface area (Å²) in [5, 5.41) is 13.1. The average Bonchev–Trinajstić information content (AvgIpc) is 2.74.